The summed E-state index contributed by atoms with van der Waals surface area (Å²) in [6, 6.07) is 6.98. The largest absolute Gasteiger partial charge is 0.492 e. The molecule has 35 heavy (non-hydrogen) atoms. The van der Waals surface area contributed by atoms with Crippen molar-refractivity contribution in [2.45, 2.75) is 37.4 Å². The second-order valence-corrected chi connectivity index (χ2v) is 10.7. The Kier molecular flexibility index (Phi) is 8.12. The molecule has 1 N–H and O–H groups in total. The van der Waals surface area contributed by atoms with Gasteiger partial charge in [-0.15, -0.1) is 0 Å². The SMILES string of the molecule is CCN1CC2(CCN(Cc3cnn(C)c3)CC2)COc2ccccc2S1(=O)=O.O=C(O)C(F)(F)F. The molecule has 0 aliphatic carbocycles. The predicted octanol–water partition coefficient (Wildman–Crippen LogP) is 2.74. The summed E-state index contributed by atoms with van der Waals surface area (Å²) in [6.07, 6.45) is 0.708. The highest BCUT2D eigenvalue weighted by atomic mass is 32.2. The number of aromatic nitrogens is 2. The number of sulfonamides is 1. The first-order chi connectivity index (χ1) is 16.4. The molecular formula is C22H29F3N4O5S. The summed E-state index contributed by atoms with van der Waals surface area (Å²) in [7, 11) is -1.61. The van der Waals surface area contributed by atoms with Crippen molar-refractivity contribution < 1.29 is 36.2 Å². The number of aliphatic carboxylic acids is 1. The van der Waals surface area contributed by atoms with Crippen molar-refractivity contribution in [1.29, 1.82) is 0 Å². The van der Waals surface area contributed by atoms with E-state index in [4.69, 9.17) is 14.6 Å². The van der Waals surface area contributed by atoms with Crippen molar-refractivity contribution in [3.63, 3.8) is 0 Å². The highest BCUT2D eigenvalue weighted by Gasteiger charge is 2.42. The molecule has 2 aliphatic rings. The van der Waals surface area contributed by atoms with Gasteiger partial charge in [-0.1, -0.05) is 19.1 Å². The van der Waals surface area contributed by atoms with Crippen molar-refractivity contribution in [3.8, 4) is 5.75 Å². The molecule has 0 atom stereocenters. The number of hydrogen-bond donors (Lipinski definition) is 1. The van der Waals surface area contributed by atoms with Crippen LogP contribution in [0.15, 0.2) is 41.6 Å². The van der Waals surface area contributed by atoms with E-state index in [2.05, 4.69) is 10.00 Å². The number of carboxylic acid groups (broad SMARTS) is 1. The zero-order valence-corrected chi connectivity index (χ0v) is 20.3. The molecule has 1 saturated heterocycles. The molecule has 1 aromatic carbocycles. The van der Waals surface area contributed by atoms with Crippen LogP contribution in [0.5, 0.6) is 5.75 Å². The van der Waals surface area contributed by atoms with E-state index in [1.54, 1.807) is 22.5 Å². The van der Waals surface area contributed by atoms with Gasteiger partial charge in [0.2, 0.25) is 10.0 Å². The van der Waals surface area contributed by atoms with Gasteiger partial charge in [-0.2, -0.15) is 22.6 Å². The van der Waals surface area contributed by atoms with Gasteiger partial charge in [0.1, 0.15) is 10.6 Å². The molecule has 3 heterocycles. The quantitative estimate of drug-likeness (QED) is 0.666. The van der Waals surface area contributed by atoms with Crippen LogP contribution in [0, 0.1) is 5.41 Å². The molecule has 13 heteroatoms. The van der Waals surface area contributed by atoms with Crippen LogP contribution in [0.2, 0.25) is 0 Å². The lowest BCUT2D eigenvalue weighted by Crippen LogP contribution is -2.51. The van der Waals surface area contributed by atoms with Crippen LogP contribution in [0.3, 0.4) is 0 Å². The lowest BCUT2D eigenvalue weighted by Gasteiger charge is -2.44. The zero-order valence-electron chi connectivity index (χ0n) is 19.5. The number of aryl methyl sites for hydroxylation is 1. The molecular weight excluding hydrogens is 489 g/mol. The van der Waals surface area contributed by atoms with Gasteiger partial charge in [0, 0.05) is 43.9 Å². The average Bonchev–Trinajstić information content (AvgIpc) is 3.21. The topological polar surface area (TPSA) is 105 Å². The second kappa shape index (κ2) is 10.5. The third kappa shape index (κ3) is 6.53. The Labute approximate surface area is 202 Å². The number of nitrogens with zero attached hydrogens (tertiary/aromatic N) is 4. The van der Waals surface area contributed by atoms with E-state index >= 15 is 0 Å². The number of carboxylic acids is 1. The molecule has 0 amide bonds. The lowest BCUT2D eigenvalue weighted by molar-refractivity contribution is -0.192. The number of alkyl halides is 3. The van der Waals surface area contributed by atoms with Gasteiger partial charge in [0.05, 0.1) is 12.8 Å². The molecule has 0 saturated carbocycles. The van der Waals surface area contributed by atoms with Crippen LogP contribution < -0.4 is 4.74 Å². The number of halogens is 3. The van der Waals surface area contributed by atoms with Crippen molar-refractivity contribution in [1.82, 2.24) is 19.0 Å². The first-order valence-electron chi connectivity index (χ1n) is 11.1. The molecule has 0 bridgehead atoms. The summed E-state index contributed by atoms with van der Waals surface area (Å²) in [5.74, 6) is -2.29. The number of hydrogen-bond acceptors (Lipinski definition) is 6. The van der Waals surface area contributed by atoms with Crippen molar-refractivity contribution in [2.24, 2.45) is 12.5 Å². The van der Waals surface area contributed by atoms with Crippen LogP contribution in [0.1, 0.15) is 25.3 Å². The van der Waals surface area contributed by atoms with Gasteiger partial charge in [-0.05, 0) is 38.1 Å². The number of para-hydroxylation sites is 1. The minimum atomic E-state index is -5.08. The maximum Gasteiger partial charge on any atom is 0.490 e. The minimum absolute atomic E-state index is 0.151. The molecule has 194 valence electrons. The van der Waals surface area contributed by atoms with Gasteiger partial charge in [-0.25, -0.2) is 13.2 Å². The molecule has 1 fully saturated rings. The Balaban J connectivity index is 0.000000429. The molecule has 2 aromatic rings. The van der Waals surface area contributed by atoms with Crippen LogP contribution in [-0.4, -0.2) is 77.4 Å². The predicted molar refractivity (Wildman–Crippen MR) is 120 cm³/mol. The number of likely N-dealkylation sites (tertiary alicyclic amines) is 1. The van der Waals surface area contributed by atoms with E-state index in [0.29, 0.717) is 25.4 Å². The molecule has 0 unspecified atom stereocenters. The van der Waals surface area contributed by atoms with Crippen LogP contribution in [0.25, 0.3) is 0 Å². The standard InChI is InChI=1S/C20H28N4O3S.C2HF3O2/c1-3-24-15-20(16-27-18-6-4-5-7-19(18)28(24,25)26)8-10-23(11-9-20)14-17-12-21-22(2)13-17;3-2(4,5)1(6)7/h4-7,12-13H,3,8-11,14-16H2,1-2H3;(H,6,7). The third-order valence-electron chi connectivity index (χ3n) is 6.19. The second-order valence-electron chi connectivity index (χ2n) is 8.77. The number of fused-ring (bicyclic) bond motifs is 1. The van der Waals surface area contributed by atoms with Crippen molar-refractivity contribution in [2.75, 3.05) is 32.8 Å². The monoisotopic (exact) mass is 518 g/mol. The molecule has 1 aromatic heterocycles. The summed E-state index contributed by atoms with van der Waals surface area (Å²) < 4.78 is 67.6. The number of ether oxygens (including phenoxy) is 1. The first kappa shape index (κ1) is 27.0. The molecule has 1 spiro atoms. The first-order valence-corrected chi connectivity index (χ1v) is 12.5. The molecule has 4 rings (SSSR count). The zero-order chi connectivity index (χ0) is 25.9. The van der Waals surface area contributed by atoms with Gasteiger partial charge >= 0.3 is 12.1 Å². The summed E-state index contributed by atoms with van der Waals surface area (Å²) >= 11 is 0. The summed E-state index contributed by atoms with van der Waals surface area (Å²) in [4.78, 5) is 11.6. The Morgan fingerprint density at radius 1 is 1.23 bits per heavy atom. The summed E-state index contributed by atoms with van der Waals surface area (Å²) in [5.41, 5.74) is 1.06. The minimum Gasteiger partial charge on any atom is -0.492 e. The van der Waals surface area contributed by atoms with Crippen LogP contribution in [-0.2, 0) is 28.4 Å². The van der Waals surface area contributed by atoms with E-state index in [0.717, 1.165) is 32.5 Å². The maximum atomic E-state index is 13.2. The Bertz CT molecular complexity index is 1130. The fourth-order valence-corrected chi connectivity index (χ4v) is 5.93. The van der Waals surface area contributed by atoms with E-state index in [1.807, 2.05) is 37.1 Å². The third-order valence-corrected chi connectivity index (χ3v) is 8.15. The number of carbonyl (C=O) groups is 1. The Morgan fingerprint density at radius 2 is 1.86 bits per heavy atom. The van der Waals surface area contributed by atoms with E-state index in [1.165, 1.54) is 5.56 Å². The lowest BCUT2D eigenvalue weighted by atomic mass is 9.78. The van der Waals surface area contributed by atoms with Crippen molar-refractivity contribution >= 4 is 16.0 Å². The van der Waals surface area contributed by atoms with E-state index < -0.39 is 22.2 Å². The fourth-order valence-electron chi connectivity index (χ4n) is 4.24. The van der Waals surface area contributed by atoms with E-state index in [-0.39, 0.29) is 10.3 Å². The summed E-state index contributed by atoms with van der Waals surface area (Å²) in [5, 5.41) is 11.4. The number of benzene rings is 1. The van der Waals surface area contributed by atoms with Gasteiger partial charge in [0.25, 0.3) is 0 Å². The summed E-state index contributed by atoms with van der Waals surface area (Å²) in [6.45, 7) is 6.18. The number of piperidine rings is 1. The molecule has 9 nitrogen and oxygen atoms in total. The van der Waals surface area contributed by atoms with Crippen LogP contribution in [0.4, 0.5) is 13.2 Å². The maximum absolute atomic E-state index is 13.2. The normalized spacial score (nSPS) is 20.0. The van der Waals surface area contributed by atoms with E-state index in [9.17, 15) is 21.6 Å². The van der Waals surface area contributed by atoms with Gasteiger partial charge < -0.3 is 9.84 Å². The van der Waals surface area contributed by atoms with Crippen LogP contribution >= 0.6 is 0 Å². The molecule has 0 radical (unpaired) electrons. The smallest absolute Gasteiger partial charge is 0.490 e. The molecule has 2 aliphatic heterocycles. The van der Waals surface area contributed by atoms with Crippen molar-refractivity contribution in [3.05, 3.63) is 42.2 Å². The fraction of sp³-hybridized carbons (Fsp3) is 0.545. The van der Waals surface area contributed by atoms with Gasteiger partial charge in [0.15, 0.2) is 0 Å². The highest BCUT2D eigenvalue weighted by molar-refractivity contribution is 7.89. The number of rotatable bonds is 3. The van der Waals surface area contributed by atoms with Gasteiger partial charge in [-0.3, -0.25) is 9.58 Å². The Morgan fingerprint density at radius 3 is 2.40 bits per heavy atom. The highest BCUT2D eigenvalue weighted by Crippen LogP contribution is 2.39. The Hall–Kier alpha value is -2.64. The average molecular weight is 519 g/mol.